The summed E-state index contributed by atoms with van der Waals surface area (Å²) in [5.74, 6) is -1.62. The largest absolute Gasteiger partial charge is 0.465 e. The van der Waals surface area contributed by atoms with E-state index in [4.69, 9.17) is 0 Å². The molecule has 1 N–H and O–H groups in total. The number of hydrogen-bond donors (Lipinski definition) is 1. The molecule has 2 rings (SSSR count). The highest BCUT2D eigenvalue weighted by Crippen LogP contribution is 2.13. The van der Waals surface area contributed by atoms with Gasteiger partial charge in [0.1, 0.15) is 0 Å². The summed E-state index contributed by atoms with van der Waals surface area (Å²) in [5, 5.41) is 0. The molecule has 114 valence electrons. The lowest BCUT2D eigenvalue weighted by Gasteiger charge is -2.09. The summed E-state index contributed by atoms with van der Waals surface area (Å²) in [6.07, 6.45) is 0. The molecule has 0 aliphatic heterocycles. The fraction of sp³-hybridized carbons (Fsp3) is 0.0667. The third-order valence-electron chi connectivity index (χ3n) is 2.86. The van der Waals surface area contributed by atoms with E-state index in [1.165, 1.54) is 37.4 Å². The summed E-state index contributed by atoms with van der Waals surface area (Å²) in [6, 6.07) is 13.3. The maximum atomic E-state index is 12.2. The Morgan fingerprint density at radius 3 is 2.05 bits per heavy atom. The van der Waals surface area contributed by atoms with Crippen LogP contribution in [0.4, 0.5) is 0 Å². The first-order valence-electron chi connectivity index (χ1n) is 6.25. The normalized spacial score (nSPS) is 10.8. The smallest absolute Gasteiger partial charge is 0.338 e. The average Bonchev–Trinajstić information content (AvgIpc) is 2.54. The van der Waals surface area contributed by atoms with Crippen LogP contribution < -0.4 is 4.72 Å². The van der Waals surface area contributed by atoms with E-state index in [0.717, 1.165) is 0 Å². The summed E-state index contributed by atoms with van der Waals surface area (Å²) in [7, 11) is -2.83. The van der Waals surface area contributed by atoms with E-state index in [2.05, 4.69) is 4.74 Å². The van der Waals surface area contributed by atoms with Crippen molar-refractivity contribution in [3.63, 3.8) is 0 Å². The third-order valence-corrected chi connectivity index (χ3v) is 4.20. The van der Waals surface area contributed by atoms with E-state index in [0.29, 0.717) is 0 Å². The van der Waals surface area contributed by atoms with Gasteiger partial charge in [0.2, 0.25) is 0 Å². The maximum Gasteiger partial charge on any atom is 0.338 e. The fourth-order valence-electron chi connectivity index (χ4n) is 1.80. The molecule has 0 heterocycles. The number of amides is 1. The fourth-order valence-corrected chi connectivity index (χ4v) is 2.79. The van der Waals surface area contributed by atoms with Gasteiger partial charge in [0, 0.05) is 0 Å². The zero-order valence-electron chi connectivity index (χ0n) is 11.6. The van der Waals surface area contributed by atoms with Crippen molar-refractivity contribution in [1.82, 2.24) is 4.72 Å². The molecule has 0 bridgehead atoms. The van der Waals surface area contributed by atoms with Gasteiger partial charge in [0.15, 0.2) is 0 Å². The van der Waals surface area contributed by atoms with Crippen LogP contribution in [-0.2, 0) is 14.8 Å². The van der Waals surface area contributed by atoms with Crippen molar-refractivity contribution >= 4 is 21.9 Å². The predicted molar refractivity (Wildman–Crippen MR) is 78.9 cm³/mol. The molecular formula is C15H13NO5S. The van der Waals surface area contributed by atoms with Gasteiger partial charge >= 0.3 is 5.97 Å². The van der Waals surface area contributed by atoms with Gasteiger partial charge in [0.05, 0.1) is 23.1 Å². The predicted octanol–water partition coefficient (Wildman–Crippen LogP) is 1.59. The van der Waals surface area contributed by atoms with Crippen molar-refractivity contribution in [2.24, 2.45) is 0 Å². The maximum absolute atomic E-state index is 12.2. The van der Waals surface area contributed by atoms with Gasteiger partial charge in [-0.3, -0.25) is 4.79 Å². The summed E-state index contributed by atoms with van der Waals surface area (Å²) < 4.78 is 30.7. The lowest BCUT2D eigenvalue weighted by Crippen LogP contribution is -2.31. The molecule has 0 aliphatic carbocycles. The van der Waals surface area contributed by atoms with E-state index in [9.17, 15) is 18.0 Å². The molecule has 2 aromatic carbocycles. The molecule has 0 spiro atoms. The Kier molecular flexibility index (Phi) is 4.57. The summed E-state index contributed by atoms with van der Waals surface area (Å²) in [6.45, 7) is 0. The van der Waals surface area contributed by atoms with Crippen LogP contribution in [0.25, 0.3) is 0 Å². The molecule has 0 saturated carbocycles. The third kappa shape index (κ3) is 3.32. The average molecular weight is 319 g/mol. The quantitative estimate of drug-likeness (QED) is 0.864. The minimum absolute atomic E-state index is 0.00855. The number of rotatable bonds is 4. The van der Waals surface area contributed by atoms with E-state index < -0.39 is 21.9 Å². The van der Waals surface area contributed by atoms with Crippen molar-refractivity contribution in [1.29, 1.82) is 0 Å². The Balaban J connectivity index is 2.33. The second-order valence-corrected chi connectivity index (χ2v) is 5.97. The zero-order valence-corrected chi connectivity index (χ0v) is 12.5. The lowest BCUT2D eigenvalue weighted by atomic mass is 10.1. The molecule has 0 saturated heterocycles. The molecular weight excluding hydrogens is 306 g/mol. The van der Waals surface area contributed by atoms with Crippen LogP contribution in [0, 0.1) is 0 Å². The second kappa shape index (κ2) is 6.40. The Labute approximate surface area is 127 Å². The Morgan fingerprint density at radius 2 is 1.45 bits per heavy atom. The van der Waals surface area contributed by atoms with Gasteiger partial charge in [-0.2, -0.15) is 0 Å². The number of nitrogens with one attached hydrogen (secondary N) is 1. The van der Waals surface area contributed by atoms with E-state index in [1.807, 2.05) is 4.72 Å². The molecule has 0 fully saturated rings. The van der Waals surface area contributed by atoms with Crippen molar-refractivity contribution in [2.75, 3.05) is 7.11 Å². The minimum Gasteiger partial charge on any atom is -0.465 e. The van der Waals surface area contributed by atoms with Crippen LogP contribution in [0.1, 0.15) is 20.7 Å². The number of hydrogen-bond acceptors (Lipinski definition) is 5. The van der Waals surface area contributed by atoms with Gasteiger partial charge in [-0.15, -0.1) is 0 Å². The monoisotopic (exact) mass is 319 g/mol. The topological polar surface area (TPSA) is 89.5 Å². The Hall–Kier alpha value is -2.67. The SMILES string of the molecule is COC(=O)c1ccccc1C(=O)NS(=O)(=O)c1ccccc1. The summed E-state index contributed by atoms with van der Waals surface area (Å²) in [5.41, 5.74) is -0.0837. The standard InChI is InChI=1S/C15H13NO5S/c1-21-15(18)13-10-6-5-9-12(13)14(17)16-22(19,20)11-7-3-2-4-8-11/h2-10H,1H3,(H,16,17). The molecule has 2 aromatic rings. The van der Waals surface area contributed by atoms with Crippen molar-refractivity contribution in [3.05, 3.63) is 65.7 Å². The number of sulfonamides is 1. The number of esters is 1. The molecule has 22 heavy (non-hydrogen) atoms. The Bertz CT molecular complexity index is 800. The molecule has 1 amide bonds. The van der Waals surface area contributed by atoms with Crippen molar-refractivity contribution in [2.45, 2.75) is 4.90 Å². The van der Waals surface area contributed by atoms with Crippen LogP contribution in [-0.4, -0.2) is 27.4 Å². The van der Waals surface area contributed by atoms with Gasteiger partial charge in [-0.25, -0.2) is 17.9 Å². The van der Waals surface area contributed by atoms with E-state index in [1.54, 1.807) is 24.3 Å². The number of carbonyl (C=O) groups is 2. The molecule has 0 radical (unpaired) electrons. The highest BCUT2D eigenvalue weighted by atomic mass is 32.2. The molecule has 6 nitrogen and oxygen atoms in total. The van der Waals surface area contributed by atoms with E-state index >= 15 is 0 Å². The van der Waals surface area contributed by atoms with Gasteiger partial charge in [0.25, 0.3) is 15.9 Å². The van der Waals surface area contributed by atoms with Crippen LogP contribution in [0.2, 0.25) is 0 Å². The lowest BCUT2D eigenvalue weighted by molar-refractivity contribution is 0.0596. The number of benzene rings is 2. The van der Waals surface area contributed by atoms with Gasteiger partial charge in [-0.05, 0) is 24.3 Å². The first-order valence-corrected chi connectivity index (χ1v) is 7.73. The number of methoxy groups -OCH3 is 1. The highest BCUT2D eigenvalue weighted by molar-refractivity contribution is 7.90. The van der Waals surface area contributed by atoms with Crippen molar-refractivity contribution in [3.8, 4) is 0 Å². The zero-order chi connectivity index (χ0) is 16.2. The number of ether oxygens (including phenoxy) is 1. The minimum atomic E-state index is -4.01. The molecule has 7 heteroatoms. The Morgan fingerprint density at radius 1 is 0.909 bits per heavy atom. The molecule has 0 aromatic heterocycles. The highest BCUT2D eigenvalue weighted by Gasteiger charge is 2.22. The van der Waals surface area contributed by atoms with Gasteiger partial charge in [-0.1, -0.05) is 30.3 Å². The van der Waals surface area contributed by atoms with E-state index in [-0.39, 0.29) is 16.0 Å². The summed E-state index contributed by atoms with van der Waals surface area (Å²) >= 11 is 0. The molecule has 0 aliphatic rings. The first-order chi connectivity index (χ1) is 10.5. The second-order valence-electron chi connectivity index (χ2n) is 4.28. The number of carbonyl (C=O) groups excluding carboxylic acids is 2. The van der Waals surface area contributed by atoms with Crippen LogP contribution >= 0.6 is 0 Å². The molecule has 0 unspecified atom stereocenters. The van der Waals surface area contributed by atoms with Crippen molar-refractivity contribution < 1.29 is 22.7 Å². The van der Waals surface area contributed by atoms with Gasteiger partial charge < -0.3 is 4.74 Å². The first kappa shape index (κ1) is 15.7. The summed E-state index contributed by atoms with van der Waals surface area (Å²) in [4.78, 5) is 23.8. The van der Waals surface area contributed by atoms with Crippen LogP contribution in [0.15, 0.2) is 59.5 Å². The van der Waals surface area contributed by atoms with Crippen LogP contribution in [0.3, 0.4) is 0 Å². The molecule has 0 atom stereocenters. The van der Waals surface area contributed by atoms with Crippen LogP contribution in [0.5, 0.6) is 0 Å².